The van der Waals surface area contributed by atoms with Crippen molar-refractivity contribution in [3.05, 3.63) is 24.2 Å². The molecule has 2 rings (SSSR count). The van der Waals surface area contributed by atoms with Crippen LogP contribution in [0, 0.1) is 12.3 Å². The second kappa shape index (κ2) is 15.5. The van der Waals surface area contributed by atoms with Gasteiger partial charge in [0.1, 0.15) is 11.9 Å². The molecule has 2 amide bonds. The Kier molecular flexibility index (Phi) is 13.1. The SMILES string of the molecule is C#CC(CC(=O)O)NC(=O)CNC(=O)CCCc1nc2ncccc2[nH]1.CCN(C(C)C)C(C)C. The van der Waals surface area contributed by atoms with Crippen molar-refractivity contribution in [3.63, 3.8) is 0 Å². The first-order valence-corrected chi connectivity index (χ1v) is 11.9. The lowest BCUT2D eigenvalue weighted by Gasteiger charge is -2.28. The van der Waals surface area contributed by atoms with Crippen LogP contribution in [0.3, 0.4) is 0 Å². The molecule has 35 heavy (non-hydrogen) atoms. The topological polar surface area (TPSA) is 140 Å². The molecule has 1 unspecified atom stereocenters. The number of carboxylic acid groups (broad SMARTS) is 1. The molecule has 1 atom stereocenters. The smallest absolute Gasteiger partial charge is 0.306 e. The molecule has 192 valence electrons. The highest BCUT2D eigenvalue weighted by atomic mass is 16.4. The number of hydrogen-bond donors (Lipinski definition) is 4. The van der Waals surface area contributed by atoms with Crippen LogP contribution in [0.15, 0.2) is 18.3 Å². The zero-order valence-electron chi connectivity index (χ0n) is 21.3. The summed E-state index contributed by atoms with van der Waals surface area (Å²) in [6, 6.07) is 4.16. The van der Waals surface area contributed by atoms with E-state index in [9.17, 15) is 14.4 Å². The van der Waals surface area contributed by atoms with E-state index in [1.807, 2.05) is 12.1 Å². The molecular formula is C25H38N6O4. The first kappa shape index (κ1) is 29.6. The van der Waals surface area contributed by atoms with Crippen molar-refractivity contribution in [2.75, 3.05) is 13.1 Å². The summed E-state index contributed by atoms with van der Waals surface area (Å²) in [6.07, 6.45) is 7.79. The highest BCUT2D eigenvalue weighted by Crippen LogP contribution is 2.09. The van der Waals surface area contributed by atoms with Gasteiger partial charge in [-0.2, -0.15) is 0 Å². The van der Waals surface area contributed by atoms with Gasteiger partial charge in [-0.05, 0) is 52.8 Å². The number of amides is 2. The molecule has 10 nitrogen and oxygen atoms in total. The van der Waals surface area contributed by atoms with E-state index in [1.54, 1.807) is 6.20 Å². The number of aliphatic carboxylic acids is 1. The van der Waals surface area contributed by atoms with E-state index >= 15 is 0 Å². The van der Waals surface area contributed by atoms with Gasteiger partial charge in [0.15, 0.2) is 5.65 Å². The minimum Gasteiger partial charge on any atom is -0.481 e. The number of fused-ring (bicyclic) bond motifs is 1. The number of imidazole rings is 1. The van der Waals surface area contributed by atoms with Crippen molar-refractivity contribution < 1.29 is 19.5 Å². The van der Waals surface area contributed by atoms with Gasteiger partial charge in [0.2, 0.25) is 11.8 Å². The van der Waals surface area contributed by atoms with Crippen LogP contribution >= 0.6 is 0 Å². The number of aromatic nitrogens is 3. The standard InChI is InChI=1S/C17H19N5O4.C8H19N/c1-2-11(9-16(25)26)20-15(24)10-19-14(23)7-3-6-13-21-12-5-4-8-18-17(12)22-13;1-6-9(7(2)3)8(4)5/h1,4-5,8,11H,3,6-7,9-10H2,(H,19,23)(H,20,24)(H,25,26)(H,18,21,22);7-8H,6H2,1-5H3. The summed E-state index contributed by atoms with van der Waals surface area (Å²) >= 11 is 0. The summed E-state index contributed by atoms with van der Waals surface area (Å²) in [5.74, 6) is 0.983. The Morgan fingerprint density at radius 3 is 2.40 bits per heavy atom. The Balaban J connectivity index is 0.000000579. The number of hydrogen-bond acceptors (Lipinski definition) is 6. The third-order valence-corrected chi connectivity index (χ3v) is 5.18. The lowest BCUT2D eigenvalue weighted by molar-refractivity contribution is -0.137. The molecule has 2 heterocycles. The fourth-order valence-corrected chi connectivity index (χ4v) is 3.60. The number of terminal acetylenes is 1. The monoisotopic (exact) mass is 486 g/mol. The zero-order valence-corrected chi connectivity index (χ0v) is 21.3. The van der Waals surface area contributed by atoms with Crippen LogP contribution in [0.1, 0.15) is 59.7 Å². The molecule has 0 aliphatic carbocycles. The number of carbonyl (C=O) groups excluding carboxylic acids is 2. The van der Waals surface area contributed by atoms with Gasteiger partial charge in [-0.25, -0.2) is 9.97 Å². The summed E-state index contributed by atoms with van der Waals surface area (Å²) in [7, 11) is 0. The Morgan fingerprint density at radius 2 is 1.89 bits per heavy atom. The minimum atomic E-state index is -1.11. The number of rotatable bonds is 12. The van der Waals surface area contributed by atoms with Crippen LogP contribution in [0.4, 0.5) is 0 Å². The highest BCUT2D eigenvalue weighted by Gasteiger charge is 2.14. The van der Waals surface area contributed by atoms with Gasteiger partial charge < -0.3 is 20.7 Å². The highest BCUT2D eigenvalue weighted by molar-refractivity contribution is 5.85. The molecule has 0 bridgehead atoms. The van der Waals surface area contributed by atoms with Gasteiger partial charge >= 0.3 is 5.97 Å². The normalized spacial score (nSPS) is 11.6. The lowest BCUT2D eigenvalue weighted by atomic mass is 10.2. The van der Waals surface area contributed by atoms with E-state index in [1.165, 1.54) is 0 Å². The average Bonchev–Trinajstić information content (AvgIpc) is 3.20. The molecule has 2 aromatic rings. The predicted molar refractivity (Wildman–Crippen MR) is 136 cm³/mol. The Labute approximate surface area is 207 Å². The van der Waals surface area contributed by atoms with E-state index in [4.69, 9.17) is 11.5 Å². The second-order valence-electron chi connectivity index (χ2n) is 8.59. The fraction of sp³-hybridized carbons (Fsp3) is 0.560. The van der Waals surface area contributed by atoms with Crippen LogP contribution in [-0.2, 0) is 20.8 Å². The van der Waals surface area contributed by atoms with Gasteiger partial charge in [-0.15, -0.1) is 6.42 Å². The third kappa shape index (κ3) is 11.5. The van der Waals surface area contributed by atoms with Gasteiger partial charge in [-0.3, -0.25) is 19.3 Å². The van der Waals surface area contributed by atoms with E-state index in [-0.39, 0.29) is 25.3 Å². The third-order valence-electron chi connectivity index (χ3n) is 5.18. The Bertz CT molecular complexity index is 954. The molecule has 0 aliphatic rings. The van der Waals surface area contributed by atoms with Crippen LogP contribution in [-0.4, -0.2) is 74.0 Å². The minimum absolute atomic E-state index is 0.228. The molecule has 0 fully saturated rings. The quantitative estimate of drug-likeness (QED) is 0.337. The van der Waals surface area contributed by atoms with Crippen molar-refractivity contribution in [1.82, 2.24) is 30.5 Å². The predicted octanol–water partition coefficient (Wildman–Crippen LogP) is 2.11. The molecule has 0 spiro atoms. The van der Waals surface area contributed by atoms with Crippen LogP contribution < -0.4 is 10.6 Å². The average molecular weight is 487 g/mol. The van der Waals surface area contributed by atoms with E-state index in [2.05, 4.69) is 71.0 Å². The van der Waals surface area contributed by atoms with Crippen molar-refractivity contribution in [2.45, 2.75) is 78.4 Å². The van der Waals surface area contributed by atoms with Gasteiger partial charge in [-0.1, -0.05) is 12.8 Å². The van der Waals surface area contributed by atoms with Crippen LogP contribution in [0.25, 0.3) is 11.2 Å². The van der Waals surface area contributed by atoms with E-state index in [0.29, 0.717) is 30.6 Å². The molecule has 0 saturated heterocycles. The molecule has 4 N–H and O–H groups in total. The van der Waals surface area contributed by atoms with Crippen molar-refractivity contribution in [2.24, 2.45) is 0 Å². The first-order chi connectivity index (χ1) is 16.6. The largest absolute Gasteiger partial charge is 0.481 e. The number of pyridine rings is 1. The summed E-state index contributed by atoms with van der Waals surface area (Å²) in [4.78, 5) is 48.0. The number of H-pyrrole nitrogens is 1. The molecule has 0 saturated carbocycles. The van der Waals surface area contributed by atoms with Crippen molar-refractivity contribution in [1.29, 1.82) is 0 Å². The maximum atomic E-state index is 11.8. The summed E-state index contributed by atoms with van der Waals surface area (Å²) in [5, 5.41) is 13.5. The second-order valence-corrected chi connectivity index (χ2v) is 8.59. The summed E-state index contributed by atoms with van der Waals surface area (Å²) < 4.78 is 0. The molecular weight excluding hydrogens is 448 g/mol. The molecule has 10 heteroatoms. The number of aryl methyl sites for hydroxylation is 1. The lowest BCUT2D eigenvalue weighted by Crippen LogP contribution is -2.42. The Hall–Kier alpha value is -3.45. The number of carbonyl (C=O) groups is 3. The van der Waals surface area contributed by atoms with E-state index in [0.717, 1.165) is 17.9 Å². The van der Waals surface area contributed by atoms with Crippen LogP contribution in [0.2, 0.25) is 0 Å². The number of carboxylic acids is 1. The number of aromatic amines is 1. The first-order valence-electron chi connectivity index (χ1n) is 11.9. The van der Waals surface area contributed by atoms with Crippen LogP contribution in [0.5, 0.6) is 0 Å². The zero-order chi connectivity index (χ0) is 26.4. The fourth-order valence-electron chi connectivity index (χ4n) is 3.60. The molecule has 0 radical (unpaired) electrons. The molecule has 0 aliphatic heterocycles. The van der Waals surface area contributed by atoms with E-state index < -0.39 is 17.9 Å². The number of nitrogens with zero attached hydrogens (tertiary/aromatic N) is 3. The van der Waals surface area contributed by atoms with Gasteiger partial charge in [0, 0.05) is 31.1 Å². The maximum Gasteiger partial charge on any atom is 0.306 e. The Morgan fingerprint density at radius 1 is 1.20 bits per heavy atom. The summed E-state index contributed by atoms with van der Waals surface area (Å²) in [6.45, 7) is 12.1. The van der Waals surface area contributed by atoms with Gasteiger partial charge in [0.05, 0.1) is 18.5 Å². The van der Waals surface area contributed by atoms with Gasteiger partial charge in [0.25, 0.3) is 0 Å². The molecule has 0 aromatic carbocycles. The summed E-state index contributed by atoms with van der Waals surface area (Å²) in [5.41, 5.74) is 1.47. The number of nitrogens with one attached hydrogen (secondary N) is 3. The molecule has 2 aromatic heterocycles. The van der Waals surface area contributed by atoms with Crippen molar-refractivity contribution in [3.8, 4) is 12.3 Å². The van der Waals surface area contributed by atoms with Crippen molar-refractivity contribution >= 4 is 28.9 Å². The maximum absolute atomic E-state index is 11.8.